The van der Waals surface area contributed by atoms with Gasteiger partial charge in [-0.1, -0.05) is 19.1 Å². The number of amides is 1. The maximum Gasteiger partial charge on any atom is 0.264 e. The molecule has 5 rings (SSSR count). The quantitative estimate of drug-likeness (QED) is 0.286. The summed E-state index contributed by atoms with van der Waals surface area (Å²) in [5, 5.41) is 16.2. The zero-order valence-electron chi connectivity index (χ0n) is 22.7. The molecule has 1 aliphatic rings. The predicted octanol–water partition coefficient (Wildman–Crippen LogP) is 3.48. The van der Waals surface area contributed by atoms with E-state index in [0.29, 0.717) is 17.4 Å². The van der Waals surface area contributed by atoms with Crippen LogP contribution in [-0.2, 0) is 6.54 Å². The smallest absolute Gasteiger partial charge is 0.264 e. The third-order valence-electron chi connectivity index (χ3n) is 7.50. The Bertz CT molecular complexity index is 1600. The fourth-order valence-electron chi connectivity index (χ4n) is 5.12. The number of carbonyl (C=O) groups excluding carboxylic acids is 1. The van der Waals surface area contributed by atoms with E-state index in [1.807, 2.05) is 18.2 Å². The molecular weight excluding hydrogens is 530 g/mol. The number of aliphatic hydroxyl groups is 1. The second kappa shape index (κ2) is 12.5. The maximum absolute atomic E-state index is 13.8. The van der Waals surface area contributed by atoms with Crippen LogP contribution in [0, 0.1) is 11.6 Å². The molecule has 11 heteroatoms. The molecule has 1 fully saturated rings. The van der Waals surface area contributed by atoms with Gasteiger partial charge >= 0.3 is 0 Å². The second-order valence-corrected chi connectivity index (χ2v) is 10.1. The normalized spacial score (nSPS) is 15.1. The Morgan fingerprint density at radius 1 is 1.10 bits per heavy atom. The van der Waals surface area contributed by atoms with Gasteiger partial charge in [0.05, 0.1) is 29.9 Å². The van der Waals surface area contributed by atoms with E-state index in [1.54, 1.807) is 6.20 Å². The van der Waals surface area contributed by atoms with E-state index in [0.717, 1.165) is 60.3 Å². The summed E-state index contributed by atoms with van der Waals surface area (Å²) >= 11 is 0. The second-order valence-electron chi connectivity index (χ2n) is 10.1. The van der Waals surface area contributed by atoms with Crippen molar-refractivity contribution in [3.05, 3.63) is 99.6 Å². The highest BCUT2D eigenvalue weighted by atomic mass is 19.2. The number of fused-ring (bicyclic) bond motifs is 1. The van der Waals surface area contributed by atoms with Gasteiger partial charge in [-0.2, -0.15) is 0 Å². The van der Waals surface area contributed by atoms with E-state index < -0.39 is 35.7 Å². The van der Waals surface area contributed by atoms with E-state index in [2.05, 4.69) is 27.4 Å². The maximum atomic E-state index is 13.8. The number of nitrogens with one attached hydrogen (secondary N) is 2. The molecule has 1 saturated heterocycles. The Morgan fingerprint density at radius 2 is 1.90 bits per heavy atom. The van der Waals surface area contributed by atoms with Gasteiger partial charge in [-0.25, -0.2) is 13.8 Å². The highest BCUT2D eigenvalue weighted by Gasteiger charge is 2.21. The van der Waals surface area contributed by atoms with E-state index >= 15 is 0 Å². The Balaban J connectivity index is 1.28. The highest BCUT2D eigenvalue weighted by molar-refractivity contribution is 5.93. The summed E-state index contributed by atoms with van der Waals surface area (Å²) in [6.07, 6.45) is 5.21. The number of anilines is 1. The van der Waals surface area contributed by atoms with E-state index in [4.69, 9.17) is 4.98 Å². The number of aromatic nitrogens is 3. The number of hydrogen-bond donors (Lipinski definition) is 3. The van der Waals surface area contributed by atoms with Crippen molar-refractivity contribution < 1.29 is 18.7 Å². The van der Waals surface area contributed by atoms with Crippen LogP contribution in [0.15, 0.2) is 65.7 Å². The average Bonchev–Trinajstić information content (AvgIpc) is 2.99. The van der Waals surface area contributed by atoms with Crippen LogP contribution in [0.25, 0.3) is 11.0 Å². The number of halogens is 2. The molecule has 214 valence electrons. The lowest BCUT2D eigenvalue weighted by atomic mass is 10.1. The van der Waals surface area contributed by atoms with Crippen LogP contribution in [0.5, 0.6) is 0 Å². The van der Waals surface area contributed by atoms with Crippen LogP contribution < -0.4 is 16.2 Å². The number of carbonyl (C=O) groups is 1. The van der Waals surface area contributed by atoms with Gasteiger partial charge in [-0.05, 0) is 66.9 Å². The Hall–Kier alpha value is -4.22. The van der Waals surface area contributed by atoms with Gasteiger partial charge in [0.1, 0.15) is 11.4 Å². The highest BCUT2D eigenvalue weighted by Crippen LogP contribution is 2.20. The van der Waals surface area contributed by atoms with Crippen LogP contribution in [0.4, 0.5) is 14.6 Å². The molecule has 41 heavy (non-hydrogen) atoms. The topological polar surface area (TPSA) is 112 Å². The molecule has 2 aromatic carbocycles. The zero-order chi connectivity index (χ0) is 28.9. The van der Waals surface area contributed by atoms with Gasteiger partial charge in [0.2, 0.25) is 0 Å². The van der Waals surface area contributed by atoms with Gasteiger partial charge in [-0.3, -0.25) is 14.6 Å². The molecule has 0 spiro atoms. The van der Waals surface area contributed by atoms with Crippen LogP contribution >= 0.6 is 0 Å². The Kier molecular flexibility index (Phi) is 8.65. The molecule has 1 amide bonds. The zero-order valence-corrected chi connectivity index (χ0v) is 22.7. The third kappa shape index (κ3) is 6.41. The lowest BCUT2D eigenvalue weighted by molar-refractivity contribution is 0.0948. The largest absolute Gasteiger partial charge is 0.394 e. The van der Waals surface area contributed by atoms with Crippen molar-refractivity contribution in [2.45, 2.75) is 38.4 Å². The number of hydrogen-bond acceptors (Lipinski definition) is 7. The number of piperidine rings is 1. The van der Waals surface area contributed by atoms with E-state index in [9.17, 15) is 23.5 Å². The van der Waals surface area contributed by atoms with Crippen molar-refractivity contribution in [1.82, 2.24) is 24.8 Å². The van der Waals surface area contributed by atoms with Crippen LogP contribution in [0.3, 0.4) is 0 Å². The summed E-state index contributed by atoms with van der Waals surface area (Å²) in [5.74, 6) is -2.03. The summed E-state index contributed by atoms with van der Waals surface area (Å²) < 4.78 is 28.3. The van der Waals surface area contributed by atoms with Crippen molar-refractivity contribution in [2.75, 3.05) is 31.6 Å². The molecule has 0 bridgehead atoms. The van der Waals surface area contributed by atoms with Crippen molar-refractivity contribution >= 4 is 22.8 Å². The predicted molar refractivity (Wildman–Crippen MR) is 152 cm³/mol. The Morgan fingerprint density at radius 3 is 2.63 bits per heavy atom. The molecule has 1 atom stereocenters. The summed E-state index contributed by atoms with van der Waals surface area (Å²) in [4.78, 5) is 37.8. The summed E-state index contributed by atoms with van der Waals surface area (Å²) in [7, 11) is 0. The summed E-state index contributed by atoms with van der Waals surface area (Å²) in [5.41, 5.74) is 1.58. The lowest BCUT2D eigenvalue weighted by Crippen LogP contribution is -2.39. The first-order valence-corrected chi connectivity index (χ1v) is 13.7. The molecule has 2 aromatic heterocycles. The number of pyridine rings is 1. The molecule has 3 N–H and O–H groups in total. The number of likely N-dealkylation sites (tertiary alicyclic amines) is 1. The number of aliphatic hydroxyl groups excluding tert-OH is 1. The average molecular weight is 563 g/mol. The van der Waals surface area contributed by atoms with Crippen LogP contribution in [0.1, 0.15) is 47.3 Å². The number of rotatable bonds is 9. The number of nitrogens with zero attached hydrogens (tertiary/aromatic N) is 4. The number of benzene rings is 2. The Labute approximate surface area is 235 Å². The SMILES string of the molecule is CCN1CCC(Nc2cnc3ccc(CNC(=O)c4cccn([C@@H](CO)c5ccc(F)c(F)c5)c4=O)cc3n2)CC1. The van der Waals surface area contributed by atoms with Crippen LogP contribution in [0.2, 0.25) is 0 Å². The molecular formula is C30H32F2N6O3. The molecule has 4 aromatic rings. The molecule has 0 unspecified atom stereocenters. The molecule has 0 radical (unpaired) electrons. The minimum Gasteiger partial charge on any atom is -0.394 e. The molecule has 0 saturated carbocycles. The molecule has 0 aliphatic carbocycles. The first-order valence-electron chi connectivity index (χ1n) is 13.7. The van der Waals surface area contributed by atoms with Gasteiger partial charge in [-0.15, -0.1) is 0 Å². The minimum atomic E-state index is -1.09. The molecule has 9 nitrogen and oxygen atoms in total. The van der Waals surface area contributed by atoms with Gasteiger partial charge < -0.3 is 25.2 Å². The standard InChI is InChI=1S/C30H32F2N6O3/c1-2-37-12-9-21(10-13-37)35-28-17-33-25-8-5-19(14-26(25)36-28)16-34-29(40)22-4-3-11-38(30(22)41)27(18-39)20-6-7-23(31)24(32)15-20/h3-8,11,14-15,17,21,27,39H,2,9-10,12-13,16,18H2,1H3,(H,34,40)(H,35,36)/t27-/m0/s1. The first-order chi connectivity index (χ1) is 19.9. The molecule has 3 heterocycles. The van der Waals surface area contributed by atoms with Crippen molar-refractivity contribution in [3.8, 4) is 0 Å². The molecule has 1 aliphatic heterocycles. The lowest BCUT2D eigenvalue weighted by Gasteiger charge is -2.31. The fraction of sp³-hybridized carbons (Fsp3) is 0.333. The third-order valence-corrected chi connectivity index (χ3v) is 7.50. The summed E-state index contributed by atoms with van der Waals surface area (Å²) in [6.45, 7) is 4.92. The summed E-state index contributed by atoms with van der Waals surface area (Å²) in [6, 6.07) is 10.9. The van der Waals surface area contributed by atoms with Crippen LogP contribution in [-0.4, -0.2) is 62.7 Å². The fourth-order valence-corrected chi connectivity index (χ4v) is 5.12. The minimum absolute atomic E-state index is 0.143. The van der Waals surface area contributed by atoms with E-state index in [1.165, 1.54) is 24.4 Å². The van der Waals surface area contributed by atoms with Gasteiger partial charge in [0, 0.05) is 31.9 Å². The van der Waals surface area contributed by atoms with Crippen molar-refractivity contribution in [1.29, 1.82) is 0 Å². The van der Waals surface area contributed by atoms with Gasteiger partial charge in [0.15, 0.2) is 11.6 Å². The van der Waals surface area contributed by atoms with Crippen molar-refractivity contribution in [2.24, 2.45) is 0 Å². The van der Waals surface area contributed by atoms with Crippen molar-refractivity contribution in [3.63, 3.8) is 0 Å². The van der Waals surface area contributed by atoms with E-state index in [-0.39, 0.29) is 17.7 Å². The monoisotopic (exact) mass is 562 g/mol. The van der Waals surface area contributed by atoms with Gasteiger partial charge in [0.25, 0.3) is 11.5 Å². The first kappa shape index (κ1) is 28.3.